The van der Waals surface area contributed by atoms with Crippen molar-refractivity contribution < 1.29 is 4.42 Å². The Morgan fingerprint density at radius 2 is 1.97 bits per heavy atom. The molecule has 160 valence electrons. The lowest BCUT2D eigenvalue weighted by molar-refractivity contribution is 0.432. The molecule has 2 fully saturated rings. The summed E-state index contributed by atoms with van der Waals surface area (Å²) in [5, 5.41) is 4.82. The molecule has 2 atom stereocenters. The van der Waals surface area contributed by atoms with E-state index in [1.165, 1.54) is 12.8 Å². The third-order valence-corrected chi connectivity index (χ3v) is 6.88. The molecular weight excluding hydrogens is 428 g/mol. The molecule has 0 bridgehead atoms. The van der Waals surface area contributed by atoms with Crippen LogP contribution in [0.1, 0.15) is 43.3 Å². The number of piperidine rings is 1. The van der Waals surface area contributed by atoms with Crippen LogP contribution in [0.25, 0.3) is 0 Å². The van der Waals surface area contributed by atoms with Crippen LogP contribution in [0.3, 0.4) is 0 Å². The van der Waals surface area contributed by atoms with Crippen molar-refractivity contribution in [3.05, 3.63) is 77.5 Å². The fourth-order valence-corrected chi connectivity index (χ4v) is 5.17. The molecule has 0 saturated carbocycles. The van der Waals surface area contributed by atoms with Crippen LogP contribution in [0.2, 0.25) is 5.02 Å². The quantitative estimate of drug-likeness (QED) is 0.509. The van der Waals surface area contributed by atoms with Gasteiger partial charge in [0, 0.05) is 25.0 Å². The van der Waals surface area contributed by atoms with Crippen LogP contribution in [0.5, 0.6) is 0 Å². The predicted molar refractivity (Wildman–Crippen MR) is 129 cm³/mol. The first-order valence-corrected chi connectivity index (χ1v) is 11.5. The van der Waals surface area contributed by atoms with Crippen LogP contribution in [-0.4, -0.2) is 23.2 Å². The van der Waals surface area contributed by atoms with Crippen LogP contribution >= 0.6 is 23.8 Å². The van der Waals surface area contributed by atoms with Gasteiger partial charge in [-0.15, -0.1) is 0 Å². The predicted octanol–water partition coefficient (Wildman–Crippen LogP) is 5.74. The number of furan rings is 1. The van der Waals surface area contributed by atoms with Crippen LogP contribution in [-0.2, 0) is 0 Å². The summed E-state index contributed by atoms with van der Waals surface area (Å²) in [4.78, 5) is 9.03. The minimum absolute atomic E-state index is 0.123. The summed E-state index contributed by atoms with van der Waals surface area (Å²) in [6.07, 6.45) is 5.89. The standard InChI is InChI=1S/C24H25ClN4OS/c1-16-9-12-28(13-10-16)20-8-7-17(15-18(20)25)29-23(21-6-4-14-30-21)22(27-24(29)31)19-5-2-3-11-26-19/h2-8,11,14-16,22-23H,9-10,12-13H2,1H3,(H,27,31)/t22-,23+/m0/s1. The van der Waals surface area contributed by atoms with E-state index in [1.807, 2.05) is 36.4 Å². The van der Waals surface area contributed by atoms with Crippen molar-refractivity contribution in [1.82, 2.24) is 10.3 Å². The fourth-order valence-electron chi connectivity index (χ4n) is 4.53. The van der Waals surface area contributed by atoms with Gasteiger partial charge >= 0.3 is 0 Å². The Hall–Kier alpha value is -2.57. The van der Waals surface area contributed by atoms with E-state index in [9.17, 15) is 0 Å². The van der Waals surface area contributed by atoms with E-state index < -0.39 is 0 Å². The van der Waals surface area contributed by atoms with Crippen molar-refractivity contribution in [3.63, 3.8) is 0 Å². The summed E-state index contributed by atoms with van der Waals surface area (Å²) in [7, 11) is 0. The molecule has 5 nitrogen and oxygen atoms in total. The highest BCUT2D eigenvalue weighted by Gasteiger charge is 2.42. The normalized spacial score (nSPS) is 22.1. The van der Waals surface area contributed by atoms with E-state index >= 15 is 0 Å². The Morgan fingerprint density at radius 3 is 2.65 bits per heavy atom. The van der Waals surface area contributed by atoms with E-state index in [-0.39, 0.29) is 12.1 Å². The van der Waals surface area contributed by atoms with Gasteiger partial charge in [0.25, 0.3) is 0 Å². The summed E-state index contributed by atoms with van der Waals surface area (Å²) in [6.45, 7) is 4.40. The summed E-state index contributed by atoms with van der Waals surface area (Å²) < 4.78 is 5.82. The molecule has 0 unspecified atom stereocenters. The maximum Gasteiger partial charge on any atom is 0.174 e. The number of hydrogen-bond donors (Lipinski definition) is 1. The second-order valence-electron chi connectivity index (χ2n) is 8.32. The minimum Gasteiger partial charge on any atom is -0.467 e. The zero-order valence-electron chi connectivity index (χ0n) is 17.4. The molecule has 2 aliphatic heterocycles. The van der Waals surface area contributed by atoms with Crippen molar-refractivity contribution in [3.8, 4) is 0 Å². The molecule has 1 N–H and O–H groups in total. The third-order valence-electron chi connectivity index (χ3n) is 6.27. The average molecular weight is 453 g/mol. The van der Waals surface area contributed by atoms with Crippen molar-refractivity contribution in [2.24, 2.45) is 5.92 Å². The summed E-state index contributed by atoms with van der Waals surface area (Å²) in [6, 6.07) is 15.7. The highest BCUT2D eigenvalue weighted by Crippen LogP contribution is 2.43. The molecule has 0 amide bonds. The number of nitrogens with one attached hydrogen (secondary N) is 1. The fraction of sp³-hybridized carbons (Fsp3) is 0.333. The molecule has 31 heavy (non-hydrogen) atoms. The number of benzene rings is 1. The van der Waals surface area contributed by atoms with Crippen molar-refractivity contribution in [2.45, 2.75) is 31.8 Å². The second-order valence-corrected chi connectivity index (χ2v) is 9.11. The highest BCUT2D eigenvalue weighted by molar-refractivity contribution is 7.80. The van der Waals surface area contributed by atoms with Gasteiger partial charge in [-0.2, -0.15) is 0 Å². The lowest BCUT2D eigenvalue weighted by Crippen LogP contribution is -2.33. The van der Waals surface area contributed by atoms with Gasteiger partial charge in [-0.3, -0.25) is 4.98 Å². The lowest BCUT2D eigenvalue weighted by Gasteiger charge is -2.33. The molecular formula is C24H25ClN4OS. The van der Waals surface area contributed by atoms with Gasteiger partial charge in [0.2, 0.25) is 0 Å². The molecule has 0 radical (unpaired) electrons. The van der Waals surface area contributed by atoms with E-state index in [0.29, 0.717) is 5.11 Å². The van der Waals surface area contributed by atoms with Gasteiger partial charge < -0.3 is 19.5 Å². The van der Waals surface area contributed by atoms with Crippen molar-refractivity contribution in [2.75, 3.05) is 22.9 Å². The monoisotopic (exact) mass is 452 g/mol. The number of anilines is 2. The SMILES string of the molecule is CC1CCN(c2ccc(N3C(=S)N[C@@H](c4ccccn4)[C@H]3c3ccco3)cc2Cl)CC1. The highest BCUT2D eigenvalue weighted by atomic mass is 35.5. The van der Waals surface area contributed by atoms with E-state index in [0.717, 1.165) is 46.9 Å². The second kappa shape index (κ2) is 8.52. The van der Waals surface area contributed by atoms with Gasteiger partial charge in [0.15, 0.2) is 5.11 Å². The summed E-state index contributed by atoms with van der Waals surface area (Å²) >= 11 is 12.5. The zero-order valence-corrected chi connectivity index (χ0v) is 18.9. The average Bonchev–Trinajstić information content (AvgIpc) is 3.43. The lowest BCUT2D eigenvalue weighted by atomic mass is 9.98. The Balaban J connectivity index is 1.49. The maximum absolute atomic E-state index is 6.78. The molecule has 3 aromatic rings. The topological polar surface area (TPSA) is 44.5 Å². The third kappa shape index (κ3) is 3.90. The number of aromatic nitrogens is 1. The van der Waals surface area contributed by atoms with Crippen molar-refractivity contribution in [1.29, 1.82) is 0 Å². The molecule has 7 heteroatoms. The van der Waals surface area contributed by atoms with Gasteiger partial charge in [-0.1, -0.05) is 24.6 Å². The van der Waals surface area contributed by atoms with Crippen molar-refractivity contribution >= 4 is 40.3 Å². The number of pyridine rings is 1. The van der Waals surface area contributed by atoms with Crippen LogP contribution < -0.4 is 15.1 Å². The molecule has 0 spiro atoms. The first kappa shape index (κ1) is 20.3. The van der Waals surface area contributed by atoms with E-state index in [4.69, 9.17) is 28.2 Å². The Kier molecular flexibility index (Phi) is 5.59. The molecule has 4 heterocycles. The Labute approximate surface area is 193 Å². The van der Waals surface area contributed by atoms with Crippen LogP contribution in [0, 0.1) is 5.92 Å². The first-order valence-electron chi connectivity index (χ1n) is 10.7. The summed E-state index contributed by atoms with van der Waals surface area (Å²) in [5.41, 5.74) is 2.95. The molecule has 2 aromatic heterocycles. The number of thiocarbonyl (C=S) groups is 1. The van der Waals surface area contributed by atoms with Gasteiger partial charge in [-0.25, -0.2) is 0 Å². The largest absolute Gasteiger partial charge is 0.467 e. The van der Waals surface area contributed by atoms with Crippen LogP contribution in [0.4, 0.5) is 11.4 Å². The maximum atomic E-state index is 6.78. The number of rotatable bonds is 4. The first-order chi connectivity index (χ1) is 15.1. The molecule has 2 saturated heterocycles. The smallest absolute Gasteiger partial charge is 0.174 e. The molecule has 2 aliphatic rings. The zero-order chi connectivity index (χ0) is 21.4. The summed E-state index contributed by atoms with van der Waals surface area (Å²) in [5.74, 6) is 1.60. The number of halogens is 1. The Bertz CT molecular complexity index is 1050. The van der Waals surface area contributed by atoms with E-state index in [2.05, 4.69) is 39.2 Å². The van der Waals surface area contributed by atoms with Gasteiger partial charge in [0.1, 0.15) is 11.8 Å². The molecule has 1 aromatic carbocycles. The number of nitrogens with zero attached hydrogens (tertiary/aromatic N) is 3. The molecule has 5 rings (SSSR count). The Morgan fingerprint density at radius 1 is 1.13 bits per heavy atom. The number of hydrogen-bond acceptors (Lipinski definition) is 4. The van der Waals surface area contributed by atoms with E-state index in [1.54, 1.807) is 12.5 Å². The molecule has 0 aliphatic carbocycles. The van der Waals surface area contributed by atoms with Crippen LogP contribution in [0.15, 0.2) is 65.4 Å². The van der Waals surface area contributed by atoms with Gasteiger partial charge in [-0.05, 0) is 73.4 Å². The minimum atomic E-state index is -0.157. The van der Waals surface area contributed by atoms with Gasteiger partial charge in [0.05, 0.1) is 28.7 Å².